The van der Waals surface area contributed by atoms with Gasteiger partial charge in [-0.3, -0.25) is 4.79 Å². The smallest absolute Gasteiger partial charge is 0.308 e. The Kier molecular flexibility index (Phi) is 0.858. The van der Waals surface area contributed by atoms with Crippen LogP contribution in [0.5, 0.6) is 0 Å². The summed E-state index contributed by atoms with van der Waals surface area (Å²) in [5.41, 5.74) is 0. The first kappa shape index (κ1) is 5.23. The summed E-state index contributed by atoms with van der Waals surface area (Å²) in [5, 5.41) is 11.7. The number of carboxylic acid groups (broad SMARTS) is 1. The first-order valence-electron chi connectivity index (χ1n) is 3.25. The Morgan fingerprint density at radius 1 is 1.67 bits per heavy atom. The van der Waals surface area contributed by atoms with Gasteiger partial charge in [0.1, 0.15) is 0 Å². The van der Waals surface area contributed by atoms with E-state index in [0.29, 0.717) is 12.0 Å². The minimum absolute atomic E-state index is 0.0648. The van der Waals surface area contributed by atoms with Crippen LogP contribution in [0.4, 0.5) is 0 Å². The van der Waals surface area contributed by atoms with Crippen molar-refractivity contribution in [2.45, 2.75) is 12.5 Å². The lowest BCUT2D eigenvalue weighted by Gasteiger charge is -2.30. The molecule has 0 aromatic carbocycles. The summed E-state index contributed by atoms with van der Waals surface area (Å²) in [6, 6.07) is 0.299. The molecule has 3 rings (SSSR count). The molecule has 3 heteroatoms. The molecule has 2 heterocycles. The van der Waals surface area contributed by atoms with Crippen molar-refractivity contribution < 1.29 is 9.90 Å². The summed E-state index contributed by atoms with van der Waals surface area (Å²) < 4.78 is 0. The van der Waals surface area contributed by atoms with Gasteiger partial charge in [-0.15, -0.1) is 0 Å². The third kappa shape index (κ3) is 0.525. The van der Waals surface area contributed by atoms with Crippen LogP contribution in [0.2, 0.25) is 0 Å². The lowest BCUT2D eigenvalue weighted by atomic mass is 9.74. The fourth-order valence-corrected chi connectivity index (χ4v) is 1.85. The van der Waals surface area contributed by atoms with Crippen molar-refractivity contribution in [3.8, 4) is 0 Å². The highest BCUT2D eigenvalue weighted by Gasteiger charge is 2.50. The van der Waals surface area contributed by atoms with Crippen molar-refractivity contribution >= 4 is 5.97 Å². The first-order chi connectivity index (χ1) is 4.29. The second-order valence-electron chi connectivity index (χ2n) is 2.87. The molecule has 0 radical (unpaired) electrons. The molecule has 3 atom stereocenters. The fourth-order valence-electron chi connectivity index (χ4n) is 1.85. The summed E-state index contributed by atoms with van der Waals surface area (Å²) in [5.74, 6) is -0.251. The van der Waals surface area contributed by atoms with Gasteiger partial charge in [-0.05, 0) is 18.9 Å². The van der Waals surface area contributed by atoms with Gasteiger partial charge < -0.3 is 10.4 Å². The number of carbonyl (C=O) groups is 1. The standard InChI is InChI=1S/C6H9NO2/c8-6(9)5-3-1-4(5)7-2-3/h3-5,7H,1-2H2,(H,8,9)/t3-,4-,5-/m1/s1. The van der Waals surface area contributed by atoms with Gasteiger partial charge >= 0.3 is 5.97 Å². The largest absolute Gasteiger partial charge is 0.481 e. The normalized spacial score (nSPS) is 46.4. The van der Waals surface area contributed by atoms with Gasteiger partial charge in [0, 0.05) is 6.04 Å². The quantitative estimate of drug-likeness (QED) is 0.507. The van der Waals surface area contributed by atoms with Crippen LogP contribution in [0.1, 0.15) is 6.42 Å². The molecule has 50 valence electrons. The zero-order valence-electron chi connectivity index (χ0n) is 5.00. The van der Waals surface area contributed by atoms with Gasteiger partial charge in [0.05, 0.1) is 5.92 Å². The van der Waals surface area contributed by atoms with Crippen molar-refractivity contribution in [1.82, 2.24) is 5.32 Å². The maximum absolute atomic E-state index is 10.4. The molecular weight excluding hydrogens is 118 g/mol. The minimum atomic E-state index is -0.624. The predicted molar refractivity (Wildman–Crippen MR) is 31.0 cm³/mol. The van der Waals surface area contributed by atoms with E-state index in [-0.39, 0.29) is 5.92 Å². The maximum Gasteiger partial charge on any atom is 0.308 e. The van der Waals surface area contributed by atoms with E-state index >= 15 is 0 Å². The molecule has 2 N–H and O–H groups in total. The second-order valence-corrected chi connectivity index (χ2v) is 2.87. The van der Waals surface area contributed by atoms with Gasteiger partial charge in [0.25, 0.3) is 0 Å². The molecule has 2 aliphatic heterocycles. The molecular formula is C6H9NO2. The van der Waals surface area contributed by atoms with E-state index < -0.39 is 5.97 Å². The van der Waals surface area contributed by atoms with Crippen molar-refractivity contribution in [2.75, 3.05) is 6.54 Å². The Morgan fingerprint density at radius 3 is 2.67 bits per heavy atom. The first-order valence-corrected chi connectivity index (χ1v) is 3.25. The molecule has 0 amide bonds. The number of nitrogens with one attached hydrogen (secondary N) is 1. The molecule has 0 unspecified atom stereocenters. The summed E-state index contributed by atoms with van der Waals surface area (Å²) in [6.45, 7) is 0.918. The number of carboxylic acids is 1. The minimum Gasteiger partial charge on any atom is -0.481 e. The van der Waals surface area contributed by atoms with Crippen molar-refractivity contribution in [1.29, 1.82) is 0 Å². The highest BCUT2D eigenvalue weighted by Crippen LogP contribution is 2.39. The molecule has 0 aromatic heterocycles. The molecule has 0 spiro atoms. The van der Waals surface area contributed by atoms with Crippen LogP contribution in [0.15, 0.2) is 0 Å². The van der Waals surface area contributed by atoms with Crippen LogP contribution in [0.25, 0.3) is 0 Å². The molecule has 3 aliphatic rings. The fraction of sp³-hybridized carbons (Fsp3) is 0.833. The summed E-state index contributed by atoms with van der Waals surface area (Å²) in [6.07, 6.45) is 1.08. The van der Waals surface area contributed by atoms with Crippen LogP contribution in [0, 0.1) is 11.8 Å². The van der Waals surface area contributed by atoms with Crippen LogP contribution in [0.3, 0.4) is 0 Å². The maximum atomic E-state index is 10.4. The Labute approximate surface area is 53.1 Å². The molecule has 3 nitrogen and oxygen atoms in total. The number of rotatable bonds is 1. The monoisotopic (exact) mass is 127 g/mol. The number of fused-ring (bicyclic) bond motifs is 1. The predicted octanol–water partition coefficient (Wildman–Crippen LogP) is -0.321. The van der Waals surface area contributed by atoms with Gasteiger partial charge in [-0.25, -0.2) is 0 Å². The van der Waals surface area contributed by atoms with Crippen LogP contribution in [-0.2, 0) is 4.79 Å². The van der Waals surface area contributed by atoms with E-state index in [2.05, 4.69) is 5.32 Å². The van der Waals surface area contributed by atoms with Crippen molar-refractivity contribution in [3.05, 3.63) is 0 Å². The Hall–Kier alpha value is -0.570. The average Bonchev–Trinajstić information content (AvgIpc) is 2.13. The van der Waals surface area contributed by atoms with Crippen LogP contribution < -0.4 is 5.32 Å². The third-order valence-electron chi connectivity index (χ3n) is 2.43. The topological polar surface area (TPSA) is 49.3 Å². The van der Waals surface area contributed by atoms with Crippen LogP contribution in [-0.4, -0.2) is 23.7 Å². The SMILES string of the molecule is O=C(O)[C@@H]1[C@H]2CN[C@@H]1C2. The molecule has 2 bridgehead atoms. The lowest BCUT2D eigenvalue weighted by Crippen LogP contribution is -2.42. The molecule has 1 saturated carbocycles. The summed E-state index contributed by atoms with van der Waals surface area (Å²) in [7, 11) is 0. The van der Waals surface area contributed by atoms with Gasteiger partial charge in [0.15, 0.2) is 0 Å². The highest BCUT2D eigenvalue weighted by atomic mass is 16.4. The van der Waals surface area contributed by atoms with Crippen LogP contribution >= 0.6 is 0 Å². The summed E-state index contributed by atoms with van der Waals surface area (Å²) in [4.78, 5) is 10.4. The number of hydrogen-bond acceptors (Lipinski definition) is 2. The Morgan fingerprint density at radius 2 is 2.44 bits per heavy atom. The molecule has 3 fully saturated rings. The highest BCUT2D eigenvalue weighted by molar-refractivity contribution is 5.73. The Balaban J connectivity index is 2.10. The molecule has 2 saturated heterocycles. The second kappa shape index (κ2) is 1.48. The van der Waals surface area contributed by atoms with E-state index in [9.17, 15) is 4.79 Å². The average molecular weight is 127 g/mol. The molecule has 1 aliphatic carbocycles. The Bertz CT molecular complexity index is 143. The van der Waals surface area contributed by atoms with E-state index in [0.717, 1.165) is 13.0 Å². The van der Waals surface area contributed by atoms with Gasteiger partial charge in [-0.1, -0.05) is 0 Å². The van der Waals surface area contributed by atoms with E-state index in [4.69, 9.17) is 5.11 Å². The van der Waals surface area contributed by atoms with E-state index in [1.54, 1.807) is 0 Å². The lowest BCUT2D eigenvalue weighted by molar-refractivity contribution is -0.146. The van der Waals surface area contributed by atoms with E-state index in [1.165, 1.54) is 0 Å². The van der Waals surface area contributed by atoms with Crippen molar-refractivity contribution in [2.24, 2.45) is 11.8 Å². The van der Waals surface area contributed by atoms with Crippen molar-refractivity contribution in [3.63, 3.8) is 0 Å². The molecule has 9 heavy (non-hydrogen) atoms. The van der Waals surface area contributed by atoms with Gasteiger partial charge in [-0.2, -0.15) is 0 Å². The third-order valence-corrected chi connectivity index (χ3v) is 2.43. The van der Waals surface area contributed by atoms with Gasteiger partial charge in [0.2, 0.25) is 0 Å². The zero-order valence-corrected chi connectivity index (χ0v) is 5.00. The molecule has 0 aromatic rings. The van der Waals surface area contributed by atoms with E-state index in [1.807, 2.05) is 0 Å². The number of aliphatic carboxylic acids is 1. The summed E-state index contributed by atoms with van der Waals surface area (Å²) >= 11 is 0. The zero-order chi connectivity index (χ0) is 6.43. The number of hydrogen-bond donors (Lipinski definition) is 2.